The van der Waals surface area contributed by atoms with Crippen molar-refractivity contribution in [2.75, 3.05) is 5.75 Å². The number of carbonyl (C=O) groups is 1. The highest BCUT2D eigenvalue weighted by Gasteiger charge is 2.15. The number of carbonyl (C=O) groups excluding carboxylic acids is 1. The summed E-state index contributed by atoms with van der Waals surface area (Å²) < 4.78 is 0. The smallest absolute Gasteiger partial charge is 0.231 e. The first-order valence-electron chi connectivity index (χ1n) is 6.70. The molecule has 2 aromatic rings. The number of nitrogens with zero attached hydrogens (tertiary/aromatic N) is 2. The van der Waals surface area contributed by atoms with Gasteiger partial charge in [0.2, 0.25) is 5.91 Å². The lowest BCUT2D eigenvalue weighted by atomic mass is 10.1. The number of pyridine rings is 1. The van der Waals surface area contributed by atoms with Gasteiger partial charge in [0.15, 0.2) is 0 Å². The summed E-state index contributed by atoms with van der Waals surface area (Å²) in [7, 11) is 0. The molecule has 0 fully saturated rings. The molecule has 0 radical (unpaired) electrons. The van der Waals surface area contributed by atoms with Crippen LogP contribution < -0.4 is 5.32 Å². The molecule has 0 saturated heterocycles. The zero-order valence-electron chi connectivity index (χ0n) is 12.0. The molecule has 1 heterocycles. The van der Waals surface area contributed by atoms with Crippen molar-refractivity contribution in [2.24, 2.45) is 0 Å². The first kappa shape index (κ1) is 17.6. The molecule has 0 aliphatic heterocycles. The summed E-state index contributed by atoms with van der Waals surface area (Å²) >= 11 is 13.2. The quantitative estimate of drug-likeness (QED) is 0.839. The summed E-state index contributed by atoms with van der Waals surface area (Å²) in [5.41, 5.74) is 1.65. The monoisotopic (exact) mass is 365 g/mol. The molecule has 1 amide bonds. The molecule has 118 valence electrons. The minimum absolute atomic E-state index is 0.212. The van der Waals surface area contributed by atoms with Crippen molar-refractivity contribution in [3.63, 3.8) is 0 Å². The van der Waals surface area contributed by atoms with Gasteiger partial charge in [-0.25, -0.2) is 0 Å². The molecule has 4 nitrogen and oxygen atoms in total. The van der Waals surface area contributed by atoms with Crippen molar-refractivity contribution in [3.05, 3.63) is 63.9 Å². The van der Waals surface area contributed by atoms with E-state index in [1.165, 1.54) is 11.8 Å². The summed E-state index contributed by atoms with van der Waals surface area (Å²) in [4.78, 5) is 16.0. The zero-order chi connectivity index (χ0) is 16.7. The Labute approximate surface area is 148 Å². The van der Waals surface area contributed by atoms with Gasteiger partial charge >= 0.3 is 0 Å². The van der Waals surface area contributed by atoms with E-state index in [1.807, 2.05) is 12.1 Å². The standard InChI is InChI=1S/C16H13Cl2N3OS/c17-13-4-3-12(6-14(13)18)15(7-19)21-16(22)10-23-9-11-2-1-5-20-8-11/h1-6,8,15H,9-10H2,(H,21,22). The second-order valence-corrected chi connectivity index (χ2v) is 6.46. The predicted molar refractivity (Wildman–Crippen MR) is 93.4 cm³/mol. The van der Waals surface area contributed by atoms with E-state index in [9.17, 15) is 10.1 Å². The molecule has 1 aromatic heterocycles. The fraction of sp³-hybridized carbons (Fsp3) is 0.188. The van der Waals surface area contributed by atoms with Crippen LogP contribution in [0.25, 0.3) is 0 Å². The van der Waals surface area contributed by atoms with Gasteiger partial charge in [-0.3, -0.25) is 9.78 Å². The highest BCUT2D eigenvalue weighted by molar-refractivity contribution is 7.99. The van der Waals surface area contributed by atoms with Crippen LogP contribution in [-0.2, 0) is 10.5 Å². The fourth-order valence-corrected chi connectivity index (χ4v) is 2.91. The molecule has 0 bridgehead atoms. The van der Waals surface area contributed by atoms with Gasteiger partial charge in [-0.2, -0.15) is 5.26 Å². The number of hydrogen-bond acceptors (Lipinski definition) is 4. The lowest BCUT2D eigenvalue weighted by Gasteiger charge is -2.12. The molecule has 1 aromatic carbocycles. The van der Waals surface area contributed by atoms with Gasteiger partial charge in [0.1, 0.15) is 6.04 Å². The number of amides is 1. The Morgan fingerprint density at radius 3 is 2.83 bits per heavy atom. The third kappa shape index (κ3) is 5.43. The van der Waals surface area contributed by atoms with Crippen LogP contribution in [0.4, 0.5) is 0 Å². The van der Waals surface area contributed by atoms with Crippen molar-refractivity contribution in [1.82, 2.24) is 10.3 Å². The van der Waals surface area contributed by atoms with Gasteiger partial charge in [-0.05, 0) is 29.3 Å². The van der Waals surface area contributed by atoms with E-state index in [0.29, 0.717) is 21.4 Å². The van der Waals surface area contributed by atoms with Crippen LogP contribution in [0.3, 0.4) is 0 Å². The fourth-order valence-electron chi connectivity index (χ4n) is 1.83. The molecule has 0 saturated carbocycles. The molecule has 7 heteroatoms. The number of halogens is 2. The third-order valence-corrected chi connectivity index (χ3v) is 4.68. The Balaban J connectivity index is 1.87. The molecule has 1 N–H and O–H groups in total. The average molecular weight is 366 g/mol. The van der Waals surface area contributed by atoms with Gasteiger partial charge in [-0.15, -0.1) is 11.8 Å². The molecular weight excluding hydrogens is 353 g/mol. The molecule has 1 unspecified atom stereocenters. The Hall–Kier alpha value is -1.74. The van der Waals surface area contributed by atoms with E-state index < -0.39 is 6.04 Å². The first-order valence-corrected chi connectivity index (χ1v) is 8.62. The topological polar surface area (TPSA) is 65.8 Å². The van der Waals surface area contributed by atoms with Gasteiger partial charge in [0, 0.05) is 18.1 Å². The maximum absolute atomic E-state index is 12.0. The highest BCUT2D eigenvalue weighted by atomic mass is 35.5. The van der Waals surface area contributed by atoms with E-state index in [-0.39, 0.29) is 11.7 Å². The van der Waals surface area contributed by atoms with Gasteiger partial charge < -0.3 is 5.32 Å². The molecule has 0 aliphatic carbocycles. The Kier molecular flexibility index (Phi) is 6.72. The molecular formula is C16H13Cl2N3OS. The Morgan fingerprint density at radius 2 is 2.17 bits per heavy atom. The van der Waals surface area contributed by atoms with Crippen LogP contribution in [0.2, 0.25) is 10.0 Å². The van der Waals surface area contributed by atoms with E-state index >= 15 is 0 Å². The number of rotatable bonds is 6. The van der Waals surface area contributed by atoms with E-state index in [1.54, 1.807) is 30.6 Å². The van der Waals surface area contributed by atoms with Crippen molar-refractivity contribution in [2.45, 2.75) is 11.8 Å². The van der Waals surface area contributed by atoms with Gasteiger partial charge in [0.25, 0.3) is 0 Å². The minimum atomic E-state index is -0.753. The van der Waals surface area contributed by atoms with Crippen molar-refractivity contribution in [3.8, 4) is 6.07 Å². The Morgan fingerprint density at radius 1 is 1.35 bits per heavy atom. The highest BCUT2D eigenvalue weighted by Crippen LogP contribution is 2.25. The third-order valence-electron chi connectivity index (χ3n) is 2.94. The lowest BCUT2D eigenvalue weighted by Crippen LogP contribution is -2.29. The Bertz CT molecular complexity index is 719. The number of nitrogens with one attached hydrogen (secondary N) is 1. The normalized spacial score (nSPS) is 11.5. The second-order valence-electron chi connectivity index (χ2n) is 4.66. The number of aromatic nitrogens is 1. The number of thioether (sulfide) groups is 1. The number of benzene rings is 1. The van der Waals surface area contributed by atoms with Crippen LogP contribution in [-0.4, -0.2) is 16.6 Å². The van der Waals surface area contributed by atoms with Crippen molar-refractivity contribution in [1.29, 1.82) is 5.26 Å². The van der Waals surface area contributed by atoms with E-state index in [4.69, 9.17) is 23.2 Å². The summed E-state index contributed by atoms with van der Waals surface area (Å²) in [6.45, 7) is 0. The molecule has 0 aliphatic rings. The van der Waals surface area contributed by atoms with Crippen LogP contribution in [0.1, 0.15) is 17.2 Å². The maximum Gasteiger partial charge on any atom is 0.231 e. The van der Waals surface area contributed by atoms with Crippen LogP contribution >= 0.6 is 35.0 Å². The SMILES string of the molecule is N#CC(NC(=O)CSCc1cccnc1)c1ccc(Cl)c(Cl)c1. The summed E-state index contributed by atoms with van der Waals surface area (Å²) in [5, 5.41) is 12.7. The average Bonchev–Trinajstić information content (AvgIpc) is 2.56. The van der Waals surface area contributed by atoms with Crippen LogP contribution in [0, 0.1) is 11.3 Å². The minimum Gasteiger partial charge on any atom is -0.336 e. The number of nitriles is 1. The lowest BCUT2D eigenvalue weighted by molar-refractivity contribution is -0.118. The molecule has 0 spiro atoms. The van der Waals surface area contributed by atoms with Crippen molar-refractivity contribution < 1.29 is 4.79 Å². The predicted octanol–water partition coefficient (Wildman–Crippen LogP) is 4.00. The molecule has 23 heavy (non-hydrogen) atoms. The maximum atomic E-state index is 12.0. The van der Waals surface area contributed by atoms with E-state index in [0.717, 1.165) is 5.56 Å². The largest absolute Gasteiger partial charge is 0.336 e. The molecule has 2 rings (SSSR count). The van der Waals surface area contributed by atoms with E-state index in [2.05, 4.69) is 16.4 Å². The molecule has 1 atom stereocenters. The zero-order valence-corrected chi connectivity index (χ0v) is 14.3. The summed E-state index contributed by atoms with van der Waals surface area (Å²) in [6, 6.07) is 9.96. The van der Waals surface area contributed by atoms with Crippen LogP contribution in [0.15, 0.2) is 42.7 Å². The van der Waals surface area contributed by atoms with Crippen LogP contribution in [0.5, 0.6) is 0 Å². The van der Waals surface area contributed by atoms with Crippen molar-refractivity contribution >= 4 is 40.9 Å². The first-order chi connectivity index (χ1) is 11.1. The van der Waals surface area contributed by atoms with Gasteiger partial charge in [0.05, 0.1) is 21.9 Å². The summed E-state index contributed by atoms with van der Waals surface area (Å²) in [6.07, 6.45) is 3.47. The summed E-state index contributed by atoms with van der Waals surface area (Å²) in [5.74, 6) is 0.733. The van der Waals surface area contributed by atoms with Gasteiger partial charge in [-0.1, -0.05) is 35.3 Å². The second kappa shape index (κ2) is 8.78. The number of hydrogen-bond donors (Lipinski definition) is 1.